The van der Waals surface area contributed by atoms with Crippen LogP contribution >= 0.6 is 23.2 Å². The lowest BCUT2D eigenvalue weighted by molar-refractivity contribution is -0.334. The minimum Gasteiger partial charge on any atom is -0.508 e. The summed E-state index contributed by atoms with van der Waals surface area (Å²) in [7, 11) is 1.48. The highest BCUT2D eigenvalue weighted by atomic mass is 35.5. The van der Waals surface area contributed by atoms with Gasteiger partial charge in [-0.15, -0.1) is 0 Å². The number of amides is 8. The largest absolute Gasteiger partial charge is 0.508 e. The van der Waals surface area contributed by atoms with Crippen molar-refractivity contribution in [1.82, 2.24) is 47.4 Å². The zero-order valence-electron chi connectivity index (χ0n) is 72.7. The molecular weight excluding hydrogens is 1740 g/mol. The molecule has 0 aromatic heterocycles. The quantitative estimate of drug-likeness (QED) is 0.0217. The van der Waals surface area contributed by atoms with Crippen molar-refractivity contribution >= 4 is 76.6 Å². The van der Waals surface area contributed by atoms with Gasteiger partial charge in [-0.05, 0) is 139 Å². The third kappa shape index (κ3) is 22.0. The number of hydrogen-bond acceptors (Lipinski definition) is 27. The molecule has 38 heteroatoms. The summed E-state index contributed by atoms with van der Waals surface area (Å²) in [5.41, 5.74) is 5.74. The number of aliphatic carboxylic acids is 1. The number of phenolic OH excluding ortho intramolecular Hbond substituents is 3. The minimum atomic E-state index is -2.38. The SMILES string of the molecule is CCCCCCCCCCN(CCN[C@@]1(C)C[C@H](O[C@H]2[C@H](Oc3c4cc5cc3Oc3ccc(cc3Cl)[C@@H](O)[C@@H]3NC(=O)[C@H](NC(=O)[C@@H]5NC(=O)[C@H](CC(N)=O)NC(=O)C(NC(=O)[C@@H](CC(C)C)NC)[C@H](O)c5ccc(c(Cl)c5)O4)c4ccc(O)c(c4)-c4c(O)cc(O)cc4[C@@H](C(=O)O)NC3=O)O[C@H](CO)[C@@H](O)[C@@H]2O)O[C@@H](C)[C@H]1O)C(=O)OCC1c2ccccc2-c2ccccc21. The second-order valence-corrected chi connectivity index (χ2v) is 35.1. The number of primary amides is 1. The summed E-state index contributed by atoms with van der Waals surface area (Å²) < 4.78 is 46.1. The maximum absolute atomic E-state index is 16.3. The third-order valence-electron chi connectivity index (χ3n) is 24.5. The van der Waals surface area contributed by atoms with Crippen LogP contribution in [0.15, 0.2) is 127 Å². The molecule has 36 nitrogen and oxygen atoms in total. The van der Waals surface area contributed by atoms with Gasteiger partial charge in [0, 0.05) is 60.3 Å². The first-order valence-corrected chi connectivity index (χ1v) is 44.3. The fraction of sp³-hybridized carbons (Fsp3) is 0.452. The van der Waals surface area contributed by atoms with Crippen LogP contribution in [-0.4, -0.2) is 228 Å². The third-order valence-corrected chi connectivity index (χ3v) is 25.1. The summed E-state index contributed by atoms with van der Waals surface area (Å²) in [4.78, 5) is 135. The van der Waals surface area contributed by atoms with E-state index in [0.29, 0.717) is 13.0 Å². The first-order valence-electron chi connectivity index (χ1n) is 43.6. The number of benzene rings is 7. The van der Waals surface area contributed by atoms with Crippen molar-refractivity contribution in [2.45, 2.75) is 220 Å². The number of unbranched alkanes of at least 4 members (excludes halogenated alkanes) is 7. The number of likely N-dealkylation sites (N-methyl/N-ethyl adjacent to an activating group) is 1. The topological polar surface area (TPSA) is 546 Å². The normalized spacial score (nSPS) is 25.7. The van der Waals surface area contributed by atoms with E-state index in [2.05, 4.69) is 49.5 Å². The molecule has 8 aliphatic rings. The van der Waals surface area contributed by atoms with Gasteiger partial charge in [0.2, 0.25) is 53.4 Å². The number of halogens is 2. The number of nitrogens with zero attached hydrogens (tertiary/aromatic N) is 1. The van der Waals surface area contributed by atoms with Gasteiger partial charge in [-0.25, -0.2) is 9.59 Å². The molecule has 18 atom stereocenters. The van der Waals surface area contributed by atoms with Crippen LogP contribution in [0.25, 0.3) is 22.3 Å². The smallest absolute Gasteiger partial charge is 0.409 e. The van der Waals surface area contributed by atoms with Gasteiger partial charge >= 0.3 is 12.1 Å². The van der Waals surface area contributed by atoms with E-state index in [1.54, 1.807) is 18.7 Å². The van der Waals surface area contributed by atoms with E-state index in [9.17, 15) is 70.2 Å². The maximum atomic E-state index is 16.3. The van der Waals surface area contributed by atoms with Crippen molar-refractivity contribution < 1.29 is 127 Å². The Bertz CT molecular complexity index is 5360. The molecule has 7 heterocycles. The zero-order chi connectivity index (χ0) is 94.1. The van der Waals surface area contributed by atoms with E-state index in [0.717, 1.165) is 134 Å². The molecule has 11 bridgehead atoms. The van der Waals surface area contributed by atoms with Gasteiger partial charge in [-0.3, -0.25) is 33.6 Å². The number of aromatic hydroxyl groups is 3. The van der Waals surface area contributed by atoms with Crippen molar-refractivity contribution in [2.75, 3.05) is 39.9 Å². The number of carboxylic acid groups (broad SMARTS) is 1. The fourth-order valence-electron chi connectivity index (χ4n) is 17.5. The second kappa shape index (κ2) is 42.4. The summed E-state index contributed by atoms with van der Waals surface area (Å²) in [6.07, 6.45) is -11.7. The molecule has 702 valence electrons. The summed E-state index contributed by atoms with van der Waals surface area (Å²) in [6, 6.07) is 15.2. The van der Waals surface area contributed by atoms with Crippen LogP contribution in [0.1, 0.15) is 180 Å². The number of hydrogen-bond donors (Lipinski definition) is 19. The van der Waals surface area contributed by atoms with Gasteiger partial charge in [0.25, 0.3) is 0 Å². The average Bonchev–Trinajstić information content (AvgIpc) is 1.69. The molecule has 7 aromatic carbocycles. The number of phenols is 3. The van der Waals surface area contributed by atoms with Crippen LogP contribution in [0.2, 0.25) is 10.0 Å². The predicted octanol–water partition coefficient (Wildman–Crippen LogP) is 7.13. The molecule has 8 amide bonds. The molecule has 131 heavy (non-hydrogen) atoms. The number of carboxylic acids is 1. The zero-order valence-corrected chi connectivity index (χ0v) is 74.2. The molecule has 2 saturated heterocycles. The standard InChI is InChI=1S/C93H110Cl2N10O26/c1-7-8-9-10-11-12-13-18-30-105(92(124)125-43-57-53-21-16-14-19-51(53)52-20-15-17-22-54(52)57)31-29-98-93(5)41-70(126-45(4)83(93)115)130-82-80(114)79(113)68(42-106)129-91(82)131-81-66-36-49-37-67(81)128-65-28-25-48(35-59(65)95)78(112)76-89(121)102-74(90(122)123)56-38-50(107)39-63(109)71(56)55-33-46(23-26-62(55)108)72(86(118)104-76)101-87(119)73(49)100-85(117)61(40-69(96)110)99-88(120)75(103-84(116)60(97-6)32-44(2)3)77(111)47-24-27-64(127-66)58(94)34-47/h14-17,19-28,33-39,44-45,57,60-61,68,70,72-80,82-83,91,97-98,106-109,111-115H,7-13,18,29-32,40-43H2,1-6H3,(H2,96,110)(H,99,120)(H,100,117)(H,101,119)(H,102,121)(H,103,116)(H,104,118)(H,122,123)/t45-,60+,61-,68+,70-,72+,73+,74-,75?,76-,77+,78+,79+,80-,82+,83+,91-,93-/m0/s1. The van der Waals surface area contributed by atoms with E-state index in [-0.39, 0.29) is 71.8 Å². The van der Waals surface area contributed by atoms with Gasteiger partial charge in [-0.1, -0.05) is 156 Å². The first-order chi connectivity index (χ1) is 62.6. The summed E-state index contributed by atoms with van der Waals surface area (Å²) in [6.45, 7) is 8.64. The number of ether oxygens (including phenoxy) is 7. The Morgan fingerprint density at radius 1 is 0.641 bits per heavy atom. The molecular formula is C93H110Cl2N10O26. The molecule has 1 aliphatic carbocycles. The highest BCUT2D eigenvalue weighted by Gasteiger charge is 2.53. The highest BCUT2D eigenvalue weighted by Crippen LogP contribution is 2.51. The lowest BCUT2D eigenvalue weighted by atomic mass is 9.85. The van der Waals surface area contributed by atoms with E-state index >= 15 is 24.0 Å². The number of fused-ring (bicyclic) bond motifs is 18. The van der Waals surface area contributed by atoms with E-state index in [4.69, 9.17) is 62.1 Å². The van der Waals surface area contributed by atoms with Crippen molar-refractivity contribution in [1.29, 1.82) is 0 Å². The van der Waals surface area contributed by atoms with Crippen molar-refractivity contribution in [2.24, 2.45) is 11.7 Å². The van der Waals surface area contributed by atoms with Gasteiger partial charge in [0.1, 0.15) is 96.1 Å². The Balaban J connectivity index is 0.916. The first kappa shape index (κ1) is 97.1. The molecule has 15 rings (SSSR count). The number of carbonyl (C=O) groups is 9. The highest BCUT2D eigenvalue weighted by molar-refractivity contribution is 6.32. The molecule has 0 saturated carbocycles. The Kier molecular flexibility index (Phi) is 31.4. The van der Waals surface area contributed by atoms with Gasteiger partial charge in [0.05, 0.1) is 41.3 Å². The van der Waals surface area contributed by atoms with Crippen LogP contribution in [0.5, 0.6) is 46.0 Å². The van der Waals surface area contributed by atoms with Crippen LogP contribution in [0, 0.1) is 5.92 Å². The monoisotopic (exact) mass is 1850 g/mol. The molecule has 1 unspecified atom stereocenters. The summed E-state index contributed by atoms with van der Waals surface area (Å²) >= 11 is 14.4. The Morgan fingerprint density at radius 2 is 1.24 bits per heavy atom. The van der Waals surface area contributed by atoms with Crippen LogP contribution in [0.4, 0.5) is 4.79 Å². The van der Waals surface area contributed by atoms with Crippen molar-refractivity contribution in [3.05, 3.63) is 176 Å². The van der Waals surface area contributed by atoms with E-state index in [1.165, 1.54) is 19.2 Å². The number of rotatable bonds is 28. The van der Waals surface area contributed by atoms with E-state index < -0.39 is 243 Å². The minimum absolute atomic E-state index is 0.0620. The van der Waals surface area contributed by atoms with Crippen molar-refractivity contribution in [3.8, 4) is 68.2 Å². The second-order valence-electron chi connectivity index (χ2n) is 34.3. The summed E-state index contributed by atoms with van der Waals surface area (Å²) in [5.74, 6) is -16.4. The van der Waals surface area contributed by atoms with Crippen molar-refractivity contribution in [3.63, 3.8) is 0 Å². The van der Waals surface area contributed by atoms with Crippen LogP contribution in [0.3, 0.4) is 0 Å². The fourth-order valence-corrected chi connectivity index (χ4v) is 18.0. The maximum Gasteiger partial charge on any atom is 0.409 e. The molecule has 7 aliphatic heterocycles. The molecule has 2 fully saturated rings. The number of aliphatic hydroxyl groups is 6. The molecule has 20 N–H and O–H groups in total. The van der Waals surface area contributed by atoms with Crippen LogP contribution in [-0.2, 0) is 57.3 Å². The number of nitrogens with one attached hydrogen (secondary N) is 8. The Morgan fingerprint density at radius 3 is 1.85 bits per heavy atom. The number of nitrogens with two attached hydrogens (primary N) is 1. The Hall–Kier alpha value is -11.5. The average molecular weight is 1850 g/mol. The van der Waals surface area contributed by atoms with Gasteiger partial charge < -0.3 is 137 Å². The lowest BCUT2D eigenvalue weighted by Gasteiger charge is -2.48. The molecule has 0 spiro atoms. The Labute approximate surface area is 764 Å². The van der Waals surface area contributed by atoms with Gasteiger partial charge in [-0.2, -0.15) is 0 Å². The van der Waals surface area contributed by atoms with Gasteiger partial charge in [0.15, 0.2) is 29.9 Å². The van der Waals surface area contributed by atoms with Crippen LogP contribution < -0.4 is 62.5 Å². The molecule has 7 aromatic rings. The number of carbonyl (C=O) groups excluding carboxylic acids is 8. The predicted molar refractivity (Wildman–Crippen MR) is 472 cm³/mol. The molecule has 0 radical (unpaired) electrons. The van der Waals surface area contributed by atoms with E-state index in [1.807, 2.05) is 62.4 Å². The summed E-state index contributed by atoms with van der Waals surface area (Å²) in [5, 5.41) is 138. The lowest BCUT2D eigenvalue weighted by Crippen LogP contribution is -2.66. The number of aliphatic hydroxyl groups excluding tert-OH is 6.